The van der Waals surface area contributed by atoms with Crippen LogP contribution in [0.15, 0.2) is 78.2 Å². The maximum absolute atomic E-state index is 12.4. The summed E-state index contributed by atoms with van der Waals surface area (Å²) >= 11 is 7.55. The molecular weight excluding hydrogens is 440 g/mol. The maximum Gasteiger partial charge on any atom is 0.269 e. The average molecular weight is 455 g/mol. The van der Waals surface area contributed by atoms with Crippen LogP contribution in [0.25, 0.3) is 11.4 Å². The molecular formula is C20H15ClN6O3S. The van der Waals surface area contributed by atoms with E-state index in [4.69, 9.17) is 11.6 Å². The summed E-state index contributed by atoms with van der Waals surface area (Å²) in [6.45, 7) is 0. The van der Waals surface area contributed by atoms with Crippen molar-refractivity contribution in [1.29, 1.82) is 0 Å². The normalized spacial score (nSPS) is 10.7. The Morgan fingerprint density at radius 2 is 1.77 bits per heavy atom. The average Bonchev–Trinajstić information content (AvgIpc) is 3.42. The number of halogens is 1. The zero-order valence-electron chi connectivity index (χ0n) is 15.9. The van der Waals surface area contributed by atoms with Crippen LogP contribution < -0.4 is 5.32 Å². The zero-order valence-corrected chi connectivity index (χ0v) is 17.5. The Kier molecular flexibility index (Phi) is 6.01. The molecule has 0 aliphatic rings. The van der Waals surface area contributed by atoms with Crippen LogP contribution >= 0.6 is 23.4 Å². The minimum absolute atomic E-state index is 0.0423. The van der Waals surface area contributed by atoms with Gasteiger partial charge in [-0.05, 0) is 36.4 Å². The van der Waals surface area contributed by atoms with E-state index in [0.717, 1.165) is 0 Å². The van der Waals surface area contributed by atoms with Gasteiger partial charge < -0.3 is 5.32 Å². The third kappa shape index (κ3) is 4.60. The molecule has 0 atom stereocenters. The quantitative estimate of drug-likeness (QED) is 0.252. The number of nitro groups is 1. The Morgan fingerprint density at radius 1 is 1.06 bits per heavy atom. The van der Waals surface area contributed by atoms with Gasteiger partial charge in [-0.2, -0.15) is 0 Å². The van der Waals surface area contributed by atoms with Crippen LogP contribution in [0.1, 0.15) is 0 Å². The summed E-state index contributed by atoms with van der Waals surface area (Å²) in [6, 6.07) is 16.7. The molecule has 2 aromatic heterocycles. The molecule has 2 heterocycles. The Bertz CT molecular complexity index is 1220. The van der Waals surface area contributed by atoms with Gasteiger partial charge in [0.15, 0.2) is 5.82 Å². The molecule has 0 unspecified atom stereocenters. The van der Waals surface area contributed by atoms with Crippen LogP contribution in [0, 0.1) is 10.1 Å². The van der Waals surface area contributed by atoms with Crippen LogP contribution in [-0.4, -0.2) is 36.1 Å². The van der Waals surface area contributed by atoms with E-state index in [1.54, 1.807) is 15.4 Å². The van der Waals surface area contributed by atoms with E-state index in [1.165, 1.54) is 36.0 Å². The molecule has 0 fully saturated rings. The molecule has 1 N–H and O–H groups in total. The fraction of sp³-hybridized carbons (Fsp3) is 0.0500. The van der Waals surface area contributed by atoms with Crippen LogP contribution in [-0.2, 0) is 4.79 Å². The molecule has 1 amide bonds. The first-order valence-electron chi connectivity index (χ1n) is 9.04. The van der Waals surface area contributed by atoms with E-state index in [0.29, 0.717) is 27.3 Å². The van der Waals surface area contributed by atoms with Crippen molar-refractivity contribution in [1.82, 2.24) is 19.5 Å². The minimum atomic E-state index is -0.494. The Hall–Kier alpha value is -3.63. The third-order valence-corrected chi connectivity index (χ3v) is 5.49. The molecule has 4 aromatic rings. The summed E-state index contributed by atoms with van der Waals surface area (Å²) in [4.78, 5) is 22.6. The number of benzene rings is 2. The van der Waals surface area contributed by atoms with Gasteiger partial charge in [0, 0.05) is 35.8 Å². The molecule has 0 radical (unpaired) electrons. The second-order valence-electron chi connectivity index (χ2n) is 6.30. The number of thioether (sulfide) groups is 1. The fourth-order valence-corrected chi connectivity index (χ4v) is 3.78. The first kappa shape index (κ1) is 20.6. The van der Waals surface area contributed by atoms with Gasteiger partial charge in [-0.15, -0.1) is 10.2 Å². The van der Waals surface area contributed by atoms with Gasteiger partial charge >= 0.3 is 0 Å². The molecule has 4 rings (SSSR count). The molecule has 0 spiro atoms. The van der Waals surface area contributed by atoms with Crippen molar-refractivity contribution in [3.8, 4) is 11.4 Å². The fourth-order valence-electron chi connectivity index (χ4n) is 2.83. The number of nitrogens with one attached hydrogen (secondary N) is 1. The number of hydrogen-bond acceptors (Lipinski definition) is 6. The van der Waals surface area contributed by atoms with Crippen molar-refractivity contribution in [2.45, 2.75) is 5.16 Å². The lowest BCUT2D eigenvalue weighted by Crippen LogP contribution is -2.15. The number of nitro benzene ring substituents is 1. The number of hydrogen-bond donors (Lipinski definition) is 1. The Morgan fingerprint density at radius 3 is 2.45 bits per heavy atom. The van der Waals surface area contributed by atoms with Crippen molar-refractivity contribution in [3.63, 3.8) is 0 Å². The highest BCUT2D eigenvalue weighted by molar-refractivity contribution is 7.99. The summed E-state index contributed by atoms with van der Waals surface area (Å²) in [7, 11) is 0. The lowest BCUT2D eigenvalue weighted by Gasteiger charge is -2.12. The van der Waals surface area contributed by atoms with Crippen molar-refractivity contribution in [2.24, 2.45) is 0 Å². The van der Waals surface area contributed by atoms with Crippen LogP contribution in [0.5, 0.6) is 0 Å². The van der Waals surface area contributed by atoms with Gasteiger partial charge in [0.05, 0.1) is 15.7 Å². The highest BCUT2D eigenvalue weighted by Crippen LogP contribution is 2.29. The molecule has 0 aliphatic heterocycles. The predicted octanol–water partition coefficient (Wildman–Crippen LogP) is 4.35. The summed E-state index contributed by atoms with van der Waals surface area (Å²) in [5, 5.41) is 23.0. The molecule has 0 saturated carbocycles. The van der Waals surface area contributed by atoms with Gasteiger partial charge in [-0.25, -0.2) is 4.68 Å². The Labute approximate surface area is 185 Å². The number of nitrogens with zero attached hydrogens (tertiary/aromatic N) is 5. The smallest absolute Gasteiger partial charge is 0.269 e. The van der Waals surface area contributed by atoms with Crippen molar-refractivity contribution in [2.75, 3.05) is 11.1 Å². The number of aromatic nitrogens is 4. The van der Waals surface area contributed by atoms with E-state index in [-0.39, 0.29) is 17.3 Å². The lowest BCUT2D eigenvalue weighted by atomic mass is 10.2. The molecule has 9 nitrogen and oxygen atoms in total. The summed E-state index contributed by atoms with van der Waals surface area (Å²) in [5.41, 5.74) is 1.15. The molecule has 31 heavy (non-hydrogen) atoms. The SMILES string of the molecule is O=C(CSc1nnc(-c2ccccc2Cl)n1-n1cccc1)Nc1ccc([N+](=O)[O-])cc1. The number of rotatable bonds is 7. The predicted molar refractivity (Wildman–Crippen MR) is 118 cm³/mol. The van der Waals surface area contributed by atoms with Gasteiger partial charge in [0.25, 0.3) is 5.69 Å². The van der Waals surface area contributed by atoms with E-state index in [1.807, 2.05) is 42.7 Å². The second-order valence-corrected chi connectivity index (χ2v) is 7.65. The second kappa shape index (κ2) is 9.02. The number of carbonyl (C=O) groups excluding carboxylic acids is 1. The largest absolute Gasteiger partial charge is 0.325 e. The van der Waals surface area contributed by atoms with Gasteiger partial charge in [0.2, 0.25) is 11.1 Å². The molecule has 0 saturated heterocycles. The number of anilines is 1. The first-order chi connectivity index (χ1) is 15.0. The standard InChI is InChI=1S/C20H15ClN6O3S/c21-17-6-2-1-5-16(17)19-23-24-20(26(19)25-11-3-4-12-25)31-13-18(28)22-14-7-9-15(10-8-14)27(29)30/h1-12H,13H2,(H,22,28). The molecule has 11 heteroatoms. The monoisotopic (exact) mass is 454 g/mol. The topological polar surface area (TPSA) is 108 Å². The highest BCUT2D eigenvalue weighted by atomic mass is 35.5. The first-order valence-corrected chi connectivity index (χ1v) is 10.4. The van der Waals surface area contributed by atoms with E-state index >= 15 is 0 Å². The van der Waals surface area contributed by atoms with Gasteiger partial charge in [0.1, 0.15) is 0 Å². The number of carbonyl (C=O) groups is 1. The molecule has 156 valence electrons. The van der Waals surface area contributed by atoms with E-state index in [2.05, 4.69) is 15.5 Å². The van der Waals surface area contributed by atoms with E-state index < -0.39 is 4.92 Å². The molecule has 0 bridgehead atoms. The minimum Gasteiger partial charge on any atom is -0.325 e. The van der Waals surface area contributed by atoms with Crippen LogP contribution in [0.3, 0.4) is 0 Å². The van der Waals surface area contributed by atoms with Crippen molar-refractivity contribution >= 4 is 40.6 Å². The number of non-ortho nitro benzene ring substituents is 1. The summed E-state index contributed by atoms with van der Waals surface area (Å²) < 4.78 is 3.57. The third-order valence-electron chi connectivity index (χ3n) is 4.24. The van der Waals surface area contributed by atoms with Crippen LogP contribution in [0.4, 0.5) is 11.4 Å². The van der Waals surface area contributed by atoms with Crippen LogP contribution in [0.2, 0.25) is 5.02 Å². The van der Waals surface area contributed by atoms with Crippen molar-refractivity contribution < 1.29 is 9.72 Å². The molecule has 0 aliphatic carbocycles. The number of amides is 1. The summed E-state index contributed by atoms with van der Waals surface area (Å²) in [6.07, 6.45) is 3.68. The van der Waals surface area contributed by atoms with Crippen molar-refractivity contribution in [3.05, 3.63) is 88.2 Å². The zero-order chi connectivity index (χ0) is 21.8. The summed E-state index contributed by atoms with van der Waals surface area (Å²) in [5.74, 6) is 0.333. The van der Waals surface area contributed by atoms with Gasteiger partial charge in [-0.3, -0.25) is 19.6 Å². The Balaban J connectivity index is 1.53. The lowest BCUT2D eigenvalue weighted by molar-refractivity contribution is -0.384. The molecule has 2 aromatic carbocycles. The van der Waals surface area contributed by atoms with Gasteiger partial charge in [-0.1, -0.05) is 35.5 Å². The highest BCUT2D eigenvalue weighted by Gasteiger charge is 2.18. The maximum atomic E-state index is 12.4. The van der Waals surface area contributed by atoms with E-state index in [9.17, 15) is 14.9 Å².